The molecule has 0 bridgehead atoms. The number of nitrogens with zero attached hydrogens (tertiary/aromatic N) is 1. The van der Waals surface area contributed by atoms with Crippen molar-refractivity contribution in [3.8, 4) is 4.29 Å². The van der Waals surface area contributed by atoms with Crippen LogP contribution in [0.1, 0.15) is 0 Å². The zero-order valence-electron chi connectivity index (χ0n) is 4.00. The minimum absolute atomic E-state index is 0. The summed E-state index contributed by atoms with van der Waals surface area (Å²) < 4.78 is 1.71. The second-order valence-corrected chi connectivity index (χ2v) is 6.52. The van der Waals surface area contributed by atoms with Gasteiger partial charge in [0.15, 0.2) is 0 Å². The monoisotopic (exact) mass is 371 g/mol. The third-order valence-corrected chi connectivity index (χ3v) is 1.25. The number of hydrogen-bond donors (Lipinski definition) is 0. The fraction of sp³-hybridized carbons (Fsp3) is 0. The maximum atomic E-state index is 7.70. The summed E-state index contributed by atoms with van der Waals surface area (Å²) in [5, 5.41) is 7.70. The molecule has 0 N–H and O–H groups in total. The minimum atomic E-state index is -1.97. The molecule has 0 rings (SSSR count). The third kappa shape index (κ3) is 17.8. The smallest absolute Gasteiger partial charge is 1.00 e. The van der Waals surface area contributed by atoms with E-state index in [-0.39, 0.29) is 103 Å². The Morgan fingerprint density at radius 1 is 1.29 bits per heavy atom. The third-order valence-electron chi connectivity index (χ3n) is 0.0510. The Morgan fingerprint density at radius 2 is 1.43 bits per heavy atom. The number of halogens is 2. The topological polar surface area (TPSA) is 23.8 Å². The largest absolute Gasteiger partial charge is 1.00 e. The molecular weight excluding hydrogens is 372 g/mol. The van der Waals surface area contributed by atoms with Gasteiger partial charge >= 0.3 is 147 Å². The van der Waals surface area contributed by atoms with Crippen LogP contribution in [0.15, 0.2) is 0 Å². The van der Waals surface area contributed by atoms with E-state index in [0.29, 0.717) is 0 Å². The molecule has 0 saturated carbocycles. The summed E-state index contributed by atoms with van der Waals surface area (Å²) in [5.41, 5.74) is 0. The summed E-state index contributed by atoms with van der Waals surface area (Å²) in [6.07, 6.45) is 0. The van der Waals surface area contributed by atoms with Crippen LogP contribution in [0.3, 0.4) is 0 Å². The molecule has 0 aliphatic rings. The van der Waals surface area contributed by atoms with Gasteiger partial charge in [0.2, 0.25) is 0 Å². The molecule has 1 nitrogen and oxygen atoms in total. The van der Waals surface area contributed by atoms with Crippen molar-refractivity contribution in [1.29, 1.82) is 5.26 Å². The molecule has 0 heterocycles. The van der Waals surface area contributed by atoms with Crippen LogP contribution in [0.25, 0.3) is 0 Å². The Kier molecular flexibility index (Phi) is 31.4. The molecule has 0 aromatic heterocycles. The Balaban J connectivity index is -0.0000000800. The maximum Gasteiger partial charge on any atom is 1.00 e. The van der Waals surface area contributed by atoms with Gasteiger partial charge in [-0.15, -0.1) is 0 Å². The van der Waals surface area contributed by atoms with E-state index in [4.69, 9.17) is 23.6 Å². The molecule has 7 heavy (non-hydrogen) atoms. The van der Waals surface area contributed by atoms with Gasteiger partial charge in [0, 0.05) is 0 Å². The van der Waals surface area contributed by atoms with Crippen molar-refractivity contribution < 1.29 is 119 Å². The zero-order valence-corrected chi connectivity index (χ0v) is 13.9. The minimum Gasteiger partial charge on any atom is 1.00 e. The predicted octanol–water partition coefficient (Wildman–Crippen LogP) is -4.60. The second-order valence-electron chi connectivity index (χ2n) is 0.224. The average molecular weight is 372 g/mol. The molecule has 0 fully saturated rings. The molecule has 0 saturated heterocycles. The van der Waals surface area contributed by atoms with Gasteiger partial charge < -0.3 is 0 Å². The number of hydrogen-bond acceptors (Lipinski definition) is 1. The van der Waals surface area contributed by atoms with Crippen molar-refractivity contribution in [2.24, 2.45) is 0 Å². The van der Waals surface area contributed by atoms with Gasteiger partial charge in [0.25, 0.3) is 0 Å². The van der Waals surface area contributed by atoms with Crippen molar-refractivity contribution in [2.45, 2.75) is 0 Å². The van der Waals surface area contributed by atoms with E-state index in [2.05, 4.69) is 0 Å². The molecule has 0 unspecified atom stereocenters. The predicted molar refractivity (Wildman–Crippen MR) is 17.3 cm³/mol. The second kappa shape index (κ2) is 12.7. The Labute approximate surface area is 142 Å². The van der Waals surface area contributed by atoms with E-state index in [9.17, 15) is 0 Å². The Bertz CT molecular complexity index is 61.2. The van der Waals surface area contributed by atoms with Gasteiger partial charge in [-0.05, 0) is 0 Å². The Hall–Kier alpha value is 4.08. The van der Waals surface area contributed by atoms with Crippen LogP contribution in [-0.2, 0) is 16.3 Å². The molecule has 0 radical (unpaired) electrons. The van der Waals surface area contributed by atoms with Gasteiger partial charge in [-0.3, -0.25) is 0 Å². The standard InChI is InChI=1S/CN.Au.2ClH.2K/c1-2;;;;;/h;;2*1H;;/q;;;;2*+1/p-2. The fourth-order valence-electron chi connectivity index (χ4n) is 0. The number of nitriles is 1. The molecule has 6 heteroatoms. The first-order valence-electron chi connectivity index (χ1n) is 0.602. The first-order valence-corrected chi connectivity index (χ1v) is 7.05. The van der Waals surface area contributed by atoms with Crippen LogP contribution in [0.5, 0.6) is 0 Å². The molecule has 0 amide bonds. The molecule has 0 aliphatic carbocycles. The summed E-state index contributed by atoms with van der Waals surface area (Å²) in [7, 11) is 10.0. The van der Waals surface area contributed by atoms with Gasteiger partial charge in [-0.2, -0.15) is 0 Å². The van der Waals surface area contributed by atoms with E-state index in [1.807, 2.05) is 0 Å². The molecule has 0 aliphatic heterocycles. The molecule has 0 aromatic carbocycles. The summed E-state index contributed by atoms with van der Waals surface area (Å²) >= 11 is -1.97. The van der Waals surface area contributed by atoms with Gasteiger partial charge in [0.1, 0.15) is 0 Å². The first-order chi connectivity index (χ1) is 2.27. The van der Waals surface area contributed by atoms with Gasteiger partial charge in [-0.1, -0.05) is 0 Å². The van der Waals surface area contributed by atoms with Crippen LogP contribution in [0.2, 0.25) is 0 Å². The van der Waals surface area contributed by atoms with Crippen molar-refractivity contribution in [2.75, 3.05) is 0 Å². The quantitative estimate of drug-likeness (QED) is 0.393. The van der Waals surface area contributed by atoms with E-state index in [1.165, 1.54) is 0 Å². The molecule has 0 aromatic rings. The summed E-state index contributed by atoms with van der Waals surface area (Å²) in [4.78, 5) is 0. The van der Waals surface area contributed by atoms with Crippen molar-refractivity contribution in [3.05, 3.63) is 0 Å². The van der Waals surface area contributed by atoms with E-state index >= 15 is 0 Å². The van der Waals surface area contributed by atoms with Crippen molar-refractivity contribution in [3.63, 3.8) is 0 Å². The summed E-state index contributed by atoms with van der Waals surface area (Å²) in [5.74, 6) is 0. The summed E-state index contributed by atoms with van der Waals surface area (Å²) in [6.45, 7) is 0. The summed E-state index contributed by atoms with van der Waals surface area (Å²) in [6, 6.07) is 0. The molecular formula is CAuCl2K2N. The van der Waals surface area contributed by atoms with E-state index in [0.717, 1.165) is 0 Å². The van der Waals surface area contributed by atoms with Gasteiger partial charge in [0.05, 0.1) is 0 Å². The first kappa shape index (κ1) is 17.2. The normalized spacial score (nSPS) is 6.71. The molecule has 0 spiro atoms. The van der Waals surface area contributed by atoms with Crippen LogP contribution in [0, 0.1) is 9.55 Å². The maximum absolute atomic E-state index is 7.70. The number of rotatable bonds is 0. The van der Waals surface area contributed by atoms with E-state index < -0.39 is 16.3 Å². The molecule has 36 valence electrons. The Morgan fingerprint density at radius 3 is 1.43 bits per heavy atom. The molecule has 0 atom stereocenters. The van der Waals surface area contributed by atoms with Gasteiger partial charge in [-0.25, -0.2) is 0 Å². The average Bonchev–Trinajstić information content (AvgIpc) is 1.38. The van der Waals surface area contributed by atoms with Crippen molar-refractivity contribution in [1.82, 2.24) is 0 Å². The van der Waals surface area contributed by atoms with Crippen LogP contribution < -0.4 is 103 Å². The SMILES string of the molecule is N#[C][Au-2]([Cl])[Cl].[K+].[K+]. The zero-order chi connectivity index (χ0) is 4.28. The van der Waals surface area contributed by atoms with Crippen LogP contribution in [-0.4, -0.2) is 0 Å². The van der Waals surface area contributed by atoms with Crippen LogP contribution in [0.4, 0.5) is 0 Å². The van der Waals surface area contributed by atoms with Crippen molar-refractivity contribution >= 4 is 18.4 Å². The van der Waals surface area contributed by atoms with Crippen LogP contribution >= 0.6 is 18.4 Å². The van der Waals surface area contributed by atoms with E-state index in [1.54, 1.807) is 4.29 Å². The fourth-order valence-corrected chi connectivity index (χ4v) is 0.